The zero-order chi connectivity index (χ0) is 20.6. The fraction of sp³-hybridized carbons (Fsp3) is 0.100. The maximum atomic E-state index is 13.2. The standard InChI is InChI=1S/C20H12F4N2O3/c21-10-28-16-4-2-13(19(27)26-12-5-7-25-8-6-12)17-14-9-11(20(22,23)24)1-3-15(14)29-18(16)17/h1-9H,10H2,(H,25,26,27). The van der Waals surface area contributed by atoms with E-state index in [1.54, 1.807) is 12.1 Å². The molecule has 148 valence electrons. The lowest BCUT2D eigenvalue weighted by Crippen LogP contribution is -2.12. The highest BCUT2D eigenvalue weighted by Gasteiger charge is 2.31. The van der Waals surface area contributed by atoms with Gasteiger partial charge in [-0.25, -0.2) is 4.39 Å². The number of hydrogen-bond donors (Lipinski definition) is 1. The topological polar surface area (TPSA) is 64.4 Å². The quantitative estimate of drug-likeness (QED) is 0.453. The molecule has 0 atom stereocenters. The maximum absolute atomic E-state index is 13.2. The van der Waals surface area contributed by atoms with Gasteiger partial charge in [0, 0.05) is 28.9 Å². The summed E-state index contributed by atoms with van der Waals surface area (Å²) in [6, 6.07) is 8.72. The minimum atomic E-state index is -4.58. The molecule has 9 heteroatoms. The molecule has 2 heterocycles. The second kappa shape index (κ2) is 7.08. The number of amides is 1. The normalized spacial score (nSPS) is 11.7. The third kappa shape index (κ3) is 3.46. The van der Waals surface area contributed by atoms with Crippen LogP contribution in [0.2, 0.25) is 0 Å². The van der Waals surface area contributed by atoms with Crippen molar-refractivity contribution in [3.05, 3.63) is 66.0 Å². The minimum Gasteiger partial charge on any atom is -0.459 e. The zero-order valence-corrected chi connectivity index (χ0v) is 14.6. The maximum Gasteiger partial charge on any atom is 0.416 e. The first-order chi connectivity index (χ1) is 13.9. The van der Waals surface area contributed by atoms with Crippen LogP contribution in [0.4, 0.5) is 23.2 Å². The zero-order valence-electron chi connectivity index (χ0n) is 14.6. The summed E-state index contributed by atoms with van der Waals surface area (Å²) in [5.74, 6) is -0.596. The molecule has 4 rings (SSSR count). The number of fused-ring (bicyclic) bond motifs is 3. The van der Waals surface area contributed by atoms with Gasteiger partial charge in [-0.05, 0) is 42.5 Å². The molecule has 0 spiro atoms. The monoisotopic (exact) mass is 404 g/mol. The van der Waals surface area contributed by atoms with Crippen LogP contribution in [-0.4, -0.2) is 17.8 Å². The number of pyridine rings is 1. The number of furan rings is 1. The number of nitrogens with zero attached hydrogens (tertiary/aromatic N) is 1. The highest BCUT2D eigenvalue weighted by Crippen LogP contribution is 2.40. The van der Waals surface area contributed by atoms with Crippen LogP contribution in [0.1, 0.15) is 15.9 Å². The van der Waals surface area contributed by atoms with Crippen LogP contribution in [0.5, 0.6) is 5.75 Å². The Balaban J connectivity index is 1.93. The lowest BCUT2D eigenvalue weighted by molar-refractivity contribution is -0.137. The van der Waals surface area contributed by atoms with E-state index < -0.39 is 24.5 Å². The smallest absolute Gasteiger partial charge is 0.416 e. The number of ether oxygens (including phenoxy) is 1. The number of anilines is 1. The predicted molar refractivity (Wildman–Crippen MR) is 97.5 cm³/mol. The van der Waals surface area contributed by atoms with E-state index in [0.29, 0.717) is 5.69 Å². The van der Waals surface area contributed by atoms with E-state index in [1.165, 1.54) is 24.5 Å². The Labute approximate surface area is 160 Å². The third-order valence-corrected chi connectivity index (χ3v) is 4.30. The van der Waals surface area contributed by atoms with Crippen LogP contribution in [0.15, 0.2) is 59.3 Å². The summed E-state index contributed by atoms with van der Waals surface area (Å²) in [7, 11) is 0. The third-order valence-electron chi connectivity index (χ3n) is 4.30. The fourth-order valence-electron chi connectivity index (χ4n) is 3.03. The van der Waals surface area contributed by atoms with Crippen molar-refractivity contribution in [3.63, 3.8) is 0 Å². The first-order valence-electron chi connectivity index (χ1n) is 8.35. The number of hydrogen-bond acceptors (Lipinski definition) is 4. The van der Waals surface area contributed by atoms with Crippen molar-refractivity contribution in [1.29, 1.82) is 0 Å². The minimum absolute atomic E-state index is 0.0145. The van der Waals surface area contributed by atoms with E-state index in [9.17, 15) is 22.4 Å². The highest BCUT2D eigenvalue weighted by atomic mass is 19.4. The van der Waals surface area contributed by atoms with E-state index >= 15 is 0 Å². The summed E-state index contributed by atoms with van der Waals surface area (Å²) in [6.07, 6.45) is -1.62. The molecule has 0 unspecified atom stereocenters. The highest BCUT2D eigenvalue weighted by molar-refractivity contribution is 6.20. The molecule has 1 N–H and O–H groups in total. The molecule has 1 amide bonds. The van der Waals surface area contributed by atoms with Crippen LogP contribution in [0, 0.1) is 0 Å². The van der Waals surface area contributed by atoms with Gasteiger partial charge in [-0.2, -0.15) is 13.2 Å². The van der Waals surface area contributed by atoms with E-state index in [0.717, 1.165) is 18.2 Å². The Bertz CT molecular complexity index is 1200. The molecule has 0 aliphatic carbocycles. The Morgan fingerprint density at radius 2 is 1.86 bits per heavy atom. The van der Waals surface area contributed by atoms with Gasteiger partial charge in [-0.3, -0.25) is 9.78 Å². The molecule has 0 radical (unpaired) electrons. The number of carbonyl (C=O) groups excluding carboxylic acids is 1. The van der Waals surface area contributed by atoms with E-state index in [4.69, 9.17) is 9.15 Å². The Hall–Kier alpha value is -3.62. The van der Waals surface area contributed by atoms with Gasteiger partial charge in [-0.1, -0.05) is 0 Å². The predicted octanol–water partition coefficient (Wildman–Crippen LogP) is 5.56. The molecule has 0 fully saturated rings. The number of halogens is 4. The molecule has 2 aromatic heterocycles. The summed E-state index contributed by atoms with van der Waals surface area (Å²) in [6.45, 7) is -1.16. The van der Waals surface area contributed by atoms with Crippen LogP contribution in [-0.2, 0) is 6.18 Å². The first kappa shape index (κ1) is 18.7. The molecule has 0 aliphatic heterocycles. The molecular formula is C20H12F4N2O3. The van der Waals surface area contributed by atoms with Crippen molar-refractivity contribution in [3.8, 4) is 5.75 Å². The molecule has 0 saturated carbocycles. The average Bonchev–Trinajstić information content (AvgIpc) is 3.08. The number of nitrogens with one attached hydrogen (secondary N) is 1. The molecule has 0 bridgehead atoms. The summed E-state index contributed by atoms with van der Waals surface area (Å²) in [5, 5.41) is 2.81. The van der Waals surface area contributed by atoms with Gasteiger partial charge in [0.2, 0.25) is 6.86 Å². The van der Waals surface area contributed by atoms with Crippen LogP contribution in [0.3, 0.4) is 0 Å². The van der Waals surface area contributed by atoms with Crippen molar-refractivity contribution < 1.29 is 31.5 Å². The lowest BCUT2D eigenvalue weighted by atomic mass is 10.0. The summed E-state index contributed by atoms with van der Waals surface area (Å²) < 4.78 is 62.7. The van der Waals surface area contributed by atoms with Crippen molar-refractivity contribution in [2.24, 2.45) is 0 Å². The second-order valence-electron chi connectivity index (χ2n) is 6.07. The van der Waals surface area contributed by atoms with Gasteiger partial charge in [0.15, 0.2) is 11.3 Å². The van der Waals surface area contributed by atoms with Gasteiger partial charge >= 0.3 is 6.18 Å². The van der Waals surface area contributed by atoms with Gasteiger partial charge in [0.25, 0.3) is 5.91 Å². The van der Waals surface area contributed by atoms with E-state index in [-0.39, 0.29) is 33.3 Å². The van der Waals surface area contributed by atoms with Crippen LogP contribution >= 0.6 is 0 Å². The average molecular weight is 404 g/mol. The SMILES string of the molecule is O=C(Nc1ccncc1)c1ccc(OCF)c2oc3ccc(C(F)(F)F)cc3c12. The number of aromatic nitrogens is 1. The largest absolute Gasteiger partial charge is 0.459 e. The second-order valence-corrected chi connectivity index (χ2v) is 6.07. The molecule has 4 aromatic rings. The Kier molecular flexibility index (Phi) is 4.57. The summed E-state index contributed by atoms with van der Waals surface area (Å²) >= 11 is 0. The Morgan fingerprint density at radius 3 is 2.55 bits per heavy atom. The first-order valence-corrected chi connectivity index (χ1v) is 8.35. The van der Waals surface area contributed by atoms with Crippen molar-refractivity contribution in [1.82, 2.24) is 4.98 Å². The lowest BCUT2D eigenvalue weighted by Gasteiger charge is -2.09. The van der Waals surface area contributed by atoms with Gasteiger partial charge in [0.05, 0.1) is 11.1 Å². The molecule has 5 nitrogen and oxygen atoms in total. The molecule has 2 aromatic carbocycles. The van der Waals surface area contributed by atoms with Gasteiger partial charge in [0.1, 0.15) is 5.58 Å². The summed E-state index contributed by atoms with van der Waals surface area (Å²) in [4.78, 5) is 16.7. The van der Waals surface area contributed by atoms with Crippen molar-refractivity contribution >= 4 is 33.5 Å². The summed E-state index contributed by atoms with van der Waals surface area (Å²) in [5.41, 5.74) is -0.294. The number of carbonyl (C=O) groups is 1. The van der Waals surface area contributed by atoms with Crippen molar-refractivity contribution in [2.75, 3.05) is 12.2 Å². The van der Waals surface area contributed by atoms with Crippen LogP contribution in [0.25, 0.3) is 21.9 Å². The number of alkyl halides is 4. The molecule has 29 heavy (non-hydrogen) atoms. The number of rotatable bonds is 4. The van der Waals surface area contributed by atoms with E-state index in [2.05, 4.69) is 10.3 Å². The molecular weight excluding hydrogens is 392 g/mol. The molecule has 0 saturated heterocycles. The van der Waals surface area contributed by atoms with Crippen molar-refractivity contribution in [2.45, 2.75) is 6.18 Å². The van der Waals surface area contributed by atoms with Gasteiger partial charge < -0.3 is 14.5 Å². The Morgan fingerprint density at radius 1 is 1.10 bits per heavy atom. The fourth-order valence-corrected chi connectivity index (χ4v) is 3.03. The van der Waals surface area contributed by atoms with E-state index in [1.807, 2.05) is 0 Å². The van der Waals surface area contributed by atoms with Gasteiger partial charge in [-0.15, -0.1) is 0 Å². The molecule has 0 aliphatic rings. The number of benzene rings is 2. The van der Waals surface area contributed by atoms with Crippen LogP contribution < -0.4 is 10.1 Å².